The van der Waals surface area contributed by atoms with Crippen LogP contribution in [-0.2, 0) is 0 Å². The first-order valence-electron chi connectivity index (χ1n) is 18.1. The molecule has 54 heavy (non-hydrogen) atoms. The van der Waals surface area contributed by atoms with Crippen LogP contribution in [0, 0.1) is 0 Å². The molecule has 0 saturated heterocycles. The third kappa shape index (κ3) is 6.23. The van der Waals surface area contributed by atoms with Crippen LogP contribution in [0.5, 0.6) is 0 Å². The van der Waals surface area contributed by atoms with Gasteiger partial charge < -0.3 is 9.80 Å². The fraction of sp³-hybridized carbons (Fsp3) is 0.0833. The fourth-order valence-electron chi connectivity index (χ4n) is 7.22. The van der Waals surface area contributed by atoms with E-state index in [2.05, 4.69) is 196 Å². The maximum Gasteiger partial charge on any atom is 0.0730 e. The quantitative estimate of drug-likeness (QED) is 0.170. The molecule has 0 unspecified atom stereocenters. The average Bonchev–Trinajstić information content (AvgIpc) is 4.04. The zero-order chi connectivity index (χ0) is 36.8. The molecule has 0 N–H and O–H groups in total. The van der Waals surface area contributed by atoms with E-state index in [1.807, 2.05) is 0 Å². The minimum absolute atomic E-state index is 0.954. The second-order valence-electron chi connectivity index (χ2n) is 13.9. The maximum atomic E-state index is 5.47. The van der Waals surface area contributed by atoms with Gasteiger partial charge in [-0.05, 0) is 95.1 Å². The first-order valence-corrected chi connectivity index (χ1v) is 19.7. The molecule has 0 amide bonds. The van der Waals surface area contributed by atoms with Crippen molar-refractivity contribution >= 4 is 77.2 Å². The van der Waals surface area contributed by atoms with Gasteiger partial charge in [0, 0.05) is 80.6 Å². The van der Waals surface area contributed by atoms with Crippen LogP contribution < -0.4 is 9.80 Å². The van der Waals surface area contributed by atoms with Crippen LogP contribution in [0.15, 0.2) is 133 Å². The molecule has 0 atom stereocenters. The molecule has 0 saturated carbocycles. The van der Waals surface area contributed by atoms with Crippen LogP contribution in [0.2, 0.25) is 0 Å². The summed E-state index contributed by atoms with van der Waals surface area (Å²) in [6.07, 6.45) is 8.76. The summed E-state index contributed by atoms with van der Waals surface area (Å²) in [7, 11) is 8.31. The molecule has 5 heterocycles. The fourth-order valence-corrected chi connectivity index (χ4v) is 9.54. The predicted octanol–water partition coefficient (Wildman–Crippen LogP) is 12.9. The lowest BCUT2D eigenvalue weighted by Crippen LogP contribution is -2.07. The largest absolute Gasteiger partial charge is 0.378 e. The van der Waals surface area contributed by atoms with E-state index in [9.17, 15) is 0 Å². The zero-order valence-electron chi connectivity index (χ0n) is 30.6. The molecule has 8 bridgehead atoms. The van der Waals surface area contributed by atoms with Crippen molar-refractivity contribution in [3.8, 4) is 44.5 Å². The molecule has 0 fully saturated rings. The van der Waals surface area contributed by atoms with Gasteiger partial charge in [-0.25, -0.2) is 9.97 Å². The third-order valence-corrected chi connectivity index (χ3v) is 12.2. The summed E-state index contributed by atoms with van der Waals surface area (Å²) in [5, 5.41) is 0. The highest BCUT2D eigenvalue weighted by Gasteiger charge is 2.19. The number of hydrogen-bond acceptors (Lipinski definition) is 6. The van der Waals surface area contributed by atoms with E-state index in [0.29, 0.717) is 0 Å². The molecule has 2 aliphatic heterocycles. The van der Waals surface area contributed by atoms with Crippen LogP contribution in [0.3, 0.4) is 0 Å². The molecule has 0 spiro atoms. The van der Waals surface area contributed by atoms with Crippen LogP contribution in [0.1, 0.15) is 22.8 Å². The standard InChI is InChI=1S/C48H38N4S2/c1-51(2)35-19-15-33(16-20-35)47-39-25-23-37(49-39)45(31-11-7-5-8-12-31)41-27-28-42(53-41)46(32-13-9-6-10-14-32)38-24-26-40(50-38)48(44-30-29-43(47)54-44)34-17-21-36(22-18-34)52(3)4/h5-30H,1-4H3. The van der Waals surface area contributed by atoms with Crippen molar-refractivity contribution in [3.05, 3.63) is 156 Å². The molecule has 6 heteroatoms. The Morgan fingerprint density at radius 1 is 0.333 bits per heavy atom. The molecule has 9 rings (SSSR count). The number of hydrogen-bond donors (Lipinski definition) is 0. The van der Waals surface area contributed by atoms with Crippen LogP contribution in [-0.4, -0.2) is 38.2 Å². The predicted molar refractivity (Wildman–Crippen MR) is 236 cm³/mol. The van der Waals surface area contributed by atoms with Gasteiger partial charge in [0.2, 0.25) is 0 Å². The van der Waals surface area contributed by atoms with Crippen molar-refractivity contribution < 1.29 is 0 Å². The Labute approximate surface area is 324 Å². The molecule has 262 valence electrons. The van der Waals surface area contributed by atoms with E-state index in [1.165, 1.54) is 0 Å². The van der Waals surface area contributed by atoms with Crippen LogP contribution in [0.4, 0.5) is 11.4 Å². The Bertz CT molecular complexity index is 2550. The van der Waals surface area contributed by atoms with E-state index in [-0.39, 0.29) is 0 Å². The van der Waals surface area contributed by atoms with Gasteiger partial charge in [0.1, 0.15) is 0 Å². The van der Waals surface area contributed by atoms with Gasteiger partial charge in [-0.3, -0.25) is 0 Å². The molecule has 0 aliphatic carbocycles. The van der Waals surface area contributed by atoms with Gasteiger partial charge in [-0.15, -0.1) is 22.7 Å². The number of benzene rings is 4. The molecule has 3 aromatic heterocycles. The van der Waals surface area contributed by atoms with Crippen molar-refractivity contribution in [1.29, 1.82) is 0 Å². The summed E-state index contributed by atoms with van der Waals surface area (Å²) in [5.74, 6) is 0. The molecule has 0 radical (unpaired) electrons. The molecule has 7 aromatic rings. The summed E-state index contributed by atoms with van der Waals surface area (Å²) in [6.45, 7) is 0. The summed E-state index contributed by atoms with van der Waals surface area (Å²) in [5.41, 5.74) is 15.2. The Hall–Kier alpha value is -6.08. The number of rotatable bonds is 6. The molecule has 4 nitrogen and oxygen atoms in total. The Morgan fingerprint density at radius 3 is 0.889 bits per heavy atom. The van der Waals surface area contributed by atoms with Gasteiger partial charge in [-0.1, -0.05) is 84.9 Å². The van der Waals surface area contributed by atoms with Crippen LogP contribution in [0.25, 0.3) is 87.6 Å². The molecular weight excluding hydrogens is 697 g/mol. The van der Waals surface area contributed by atoms with E-state index >= 15 is 0 Å². The molecule has 2 aliphatic rings. The average molecular weight is 735 g/mol. The van der Waals surface area contributed by atoms with Crippen molar-refractivity contribution in [1.82, 2.24) is 9.97 Å². The summed E-state index contributed by atoms with van der Waals surface area (Å²) in [6, 6.07) is 48.0. The number of thiophene rings is 2. The Morgan fingerprint density at radius 2 is 0.611 bits per heavy atom. The van der Waals surface area contributed by atoms with Gasteiger partial charge >= 0.3 is 0 Å². The first-order chi connectivity index (χ1) is 26.4. The smallest absolute Gasteiger partial charge is 0.0730 e. The Kier molecular flexibility index (Phi) is 8.78. The summed E-state index contributed by atoms with van der Waals surface area (Å²) < 4.78 is 4.64. The minimum Gasteiger partial charge on any atom is -0.378 e. The third-order valence-electron chi connectivity index (χ3n) is 9.97. The zero-order valence-corrected chi connectivity index (χ0v) is 32.2. The highest BCUT2D eigenvalue weighted by Crippen LogP contribution is 2.43. The second kappa shape index (κ2) is 14.0. The Balaban J connectivity index is 1.44. The van der Waals surface area contributed by atoms with Crippen molar-refractivity contribution in [3.63, 3.8) is 0 Å². The number of nitrogens with zero attached hydrogens (tertiary/aromatic N) is 4. The SMILES string of the molecule is CN(C)c1ccc(-c2c3nc(c(-c4ccccc4)c4ccc(s4)c(-c4ccccc4)c4nc(c(-c5ccc(N(C)C)cc5)c5ccc2s5)C=C4)C=C3)cc1. The lowest BCUT2D eigenvalue weighted by atomic mass is 10.0. The maximum absolute atomic E-state index is 5.47. The van der Waals surface area contributed by atoms with Crippen molar-refractivity contribution in [2.75, 3.05) is 38.0 Å². The van der Waals surface area contributed by atoms with Gasteiger partial charge in [-0.2, -0.15) is 0 Å². The van der Waals surface area contributed by atoms with Gasteiger partial charge in [0.05, 0.1) is 22.8 Å². The summed E-state index contributed by atoms with van der Waals surface area (Å²) >= 11 is 3.59. The molecular formula is C48H38N4S2. The van der Waals surface area contributed by atoms with Crippen LogP contribution >= 0.6 is 22.7 Å². The van der Waals surface area contributed by atoms with Gasteiger partial charge in [0.25, 0.3) is 0 Å². The van der Waals surface area contributed by atoms with Crippen molar-refractivity contribution in [2.45, 2.75) is 0 Å². The number of anilines is 2. The highest BCUT2D eigenvalue weighted by molar-refractivity contribution is 7.24. The van der Waals surface area contributed by atoms with E-state index in [0.717, 1.165) is 97.5 Å². The van der Waals surface area contributed by atoms with E-state index < -0.39 is 0 Å². The molecule has 4 aromatic carbocycles. The van der Waals surface area contributed by atoms with E-state index in [1.54, 1.807) is 22.7 Å². The minimum atomic E-state index is 0.954. The lowest BCUT2D eigenvalue weighted by Gasteiger charge is -2.13. The highest BCUT2D eigenvalue weighted by atomic mass is 32.1. The first kappa shape index (κ1) is 33.7. The second-order valence-corrected chi connectivity index (χ2v) is 16.0. The summed E-state index contributed by atoms with van der Waals surface area (Å²) in [4.78, 5) is 15.2. The number of aromatic nitrogens is 2. The lowest BCUT2D eigenvalue weighted by molar-refractivity contribution is 1.13. The van der Waals surface area contributed by atoms with Crippen molar-refractivity contribution in [2.24, 2.45) is 0 Å². The number of fused-ring (bicyclic) bond motifs is 8. The topological polar surface area (TPSA) is 32.3 Å². The monoisotopic (exact) mass is 734 g/mol. The van der Waals surface area contributed by atoms with E-state index in [4.69, 9.17) is 9.97 Å². The van der Waals surface area contributed by atoms with Gasteiger partial charge in [0.15, 0.2) is 0 Å². The normalized spacial score (nSPS) is 11.9.